The van der Waals surface area contributed by atoms with Gasteiger partial charge >= 0.3 is 0 Å². The molecule has 1 fully saturated rings. The average molecular weight is 252 g/mol. The van der Waals surface area contributed by atoms with Gasteiger partial charge in [0.2, 0.25) is 5.91 Å². The number of aliphatic hydroxyl groups is 1. The second-order valence-electron chi connectivity index (χ2n) is 4.69. The maximum absolute atomic E-state index is 12.9. The Bertz CT molecular complexity index is 422. The number of primary amides is 1. The zero-order chi connectivity index (χ0) is 13.1. The molecule has 0 radical (unpaired) electrons. The van der Waals surface area contributed by atoms with Gasteiger partial charge in [-0.05, 0) is 36.6 Å². The Labute approximate surface area is 105 Å². The summed E-state index contributed by atoms with van der Waals surface area (Å²) in [4.78, 5) is 13.5. The fourth-order valence-electron chi connectivity index (χ4n) is 2.45. The fourth-order valence-corrected chi connectivity index (χ4v) is 2.45. The van der Waals surface area contributed by atoms with Crippen molar-refractivity contribution in [3.8, 4) is 0 Å². The zero-order valence-electron chi connectivity index (χ0n) is 10.1. The molecular weight excluding hydrogens is 235 g/mol. The smallest absolute Gasteiger partial charge is 0.239 e. The summed E-state index contributed by atoms with van der Waals surface area (Å²) in [5.41, 5.74) is 6.13. The number of aliphatic hydroxyl groups excluding tert-OH is 1. The molecule has 18 heavy (non-hydrogen) atoms. The van der Waals surface area contributed by atoms with Crippen molar-refractivity contribution in [2.75, 3.05) is 19.7 Å². The van der Waals surface area contributed by atoms with Gasteiger partial charge in [0.25, 0.3) is 0 Å². The molecule has 0 spiro atoms. The minimum absolute atomic E-state index is 0.116. The summed E-state index contributed by atoms with van der Waals surface area (Å²) < 4.78 is 12.9. The quantitative estimate of drug-likeness (QED) is 0.827. The van der Waals surface area contributed by atoms with Crippen molar-refractivity contribution < 1.29 is 14.3 Å². The fraction of sp³-hybridized carbons (Fsp3) is 0.462. The molecule has 1 aliphatic heterocycles. The number of rotatable bonds is 4. The Morgan fingerprint density at radius 2 is 2.17 bits per heavy atom. The SMILES string of the molecule is NC(=O)C(c1ccc(F)cc1)N1CCC(CO)C1. The van der Waals surface area contributed by atoms with Gasteiger partial charge in [-0.15, -0.1) is 0 Å². The van der Waals surface area contributed by atoms with Gasteiger partial charge in [0.05, 0.1) is 0 Å². The maximum atomic E-state index is 12.9. The highest BCUT2D eigenvalue weighted by Gasteiger charge is 2.31. The molecule has 1 amide bonds. The summed E-state index contributed by atoms with van der Waals surface area (Å²) in [5, 5.41) is 9.12. The lowest BCUT2D eigenvalue weighted by molar-refractivity contribution is -0.123. The van der Waals surface area contributed by atoms with Crippen LogP contribution in [0.5, 0.6) is 0 Å². The monoisotopic (exact) mass is 252 g/mol. The molecule has 2 rings (SSSR count). The molecule has 0 saturated carbocycles. The Morgan fingerprint density at radius 3 is 2.67 bits per heavy atom. The standard InChI is InChI=1S/C13H17FN2O2/c14-11-3-1-10(2-4-11)12(13(15)18)16-6-5-9(7-16)8-17/h1-4,9,12,17H,5-8H2,(H2,15,18). The second kappa shape index (κ2) is 5.46. The van der Waals surface area contributed by atoms with Gasteiger partial charge in [-0.25, -0.2) is 4.39 Å². The predicted molar refractivity (Wildman–Crippen MR) is 65.1 cm³/mol. The van der Waals surface area contributed by atoms with E-state index in [1.165, 1.54) is 12.1 Å². The van der Waals surface area contributed by atoms with Crippen molar-refractivity contribution in [2.45, 2.75) is 12.5 Å². The van der Waals surface area contributed by atoms with Gasteiger partial charge in [-0.1, -0.05) is 12.1 Å². The molecule has 0 aromatic heterocycles. The molecule has 0 bridgehead atoms. The summed E-state index contributed by atoms with van der Waals surface area (Å²) in [5.74, 6) is -0.593. The van der Waals surface area contributed by atoms with E-state index in [0.29, 0.717) is 12.1 Å². The van der Waals surface area contributed by atoms with Crippen molar-refractivity contribution in [2.24, 2.45) is 11.7 Å². The van der Waals surface area contributed by atoms with Gasteiger partial charge in [-0.3, -0.25) is 9.69 Å². The number of nitrogens with two attached hydrogens (primary N) is 1. The highest BCUT2D eigenvalue weighted by Crippen LogP contribution is 2.27. The summed E-state index contributed by atoms with van der Waals surface area (Å²) in [6, 6.07) is 5.27. The van der Waals surface area contributed by atoms with Crippen LogP contribution < -0.4 is 5.73 Å². The lowest BCUT2D eigenvalue weighted by Gasteiger charge is -2.25. The van der Waals surface area contributed by atoms with E-state index in [1.807, 2.05) is 4.90 Å². The van der Waals surface area contributed by atoms with Crippen molar-refractivity contribution in [1.82, 2.24) is 4.90 Å². The van der Waals surface area contributed by atoms with Crippen molar-refractivity contribution in [3.05, 3.63) is 35.6 Å². The van der Waals surface area contributed by atoms with E-state index in [9.17, 15) is 9.18 Å². The van der Waals surface area contributed by atoms with Crippen LogP contribution in [0.25, 0.3) is 0 Å². The van der Waals surface area contributed by atoms with Crippen LogP contribution in [0.1, 0.15) is 18.0 Å². The van der Waals surface area contributed by atoms with Crippen LogP contribution in [-0.2, 0) is 4.79 Å². The van der Waals surface area contributed by atoms with Crippen LogP contribution in [-0.4, -0.2) is 35.6 Å². The van der Waals surface area contributed by atoms with Gasteiger partial charge in [0.15, 0.2) is 0 Å². The van der Waals surface area contributed by atoms with Gasteiger partial charge in [0, 0.05) is 13.2 Å². The number of carbonyl (C=O) groups excluding carboxylic acids is 1. The van der Waals surface area contributed by atoms with Gasteiger partial charge < -0.3 is 10.8 Å². The number of halogens is 1. The first-order chi connectivity index (χ1) is 8.61. The van der Waals surface area contributed by atoms with Crippen LogP contribution in [0.15, 0.2) is 24.3 Å². The Morgan fingerprint density at radius 1 is 1.50 bits per heavy atom. The molecule has 98 valence electrons. The van der Waals surface area contributed by atoms with Crippen molar-refractivity contribution >= 4 is 5.91 Å². The molecule has 1 aliphatic rings. The highest BCUT2D eigenvalue weighted by molar-refractivity contribution is 5.81. The first-order valence-corrected chi connectivity index (χ1v) is 6.01. The van der Waals surface area contributed by atoms with Crippen LogP contribution >= 0.6 is 0 Å². The van der Waals surface area contributed by atoms with E-state index in [1.54, 1.807) is 12.1 Å². The number of hydrogen-bond donors (Lipinski definition) is 2. The minimum atomic E-state index is -0.540. The molecule has 3 N–H and O–H groups in total. The van der Waals surface area contributed by atoms with Crippen LogP contribution in [0.4, 0.5) is 4.39 Å². The lowest BCUT2D eigenvalue weighted by atomic mass is 10.0. The topological polar surface area (TPSA) is 66.6 Å². The average Bonchev–Trinajstić information content (AvgIpc) is 2.80. The molecule has 1 aromatic carbocycles. The van der Waals surface area contributed by atoms with E-state index in [-0.39, 0.29) is 18.3 Å². The number of amides is 1. The molecule has 0 aliphatic carbocycles. The number of likely N-dealkylation sites (tertiary alicyclic amines) is 1. The van der Waals surface area contributed by atoms with E-state index in [0.717, 1.165) is 13.0 Å². The maximum Gasteiger partial charge on any atom is 0.239 e. The number of benzene rings is 1. The summed E-state index contributed by atoms with van der Waals surface area (Å²) in [6.07, 6.45) is 0.849. The largest absolute Gasteiger partial charge is 0.396 e. The first-order valence-electron chi connectivity index (χ1n) is 6.01. The normalized spacial score (nSPS) is 22.0. The van der Waals surface area contributed by atoms with Gasteiger partial charge in [0.1, 0.15) is 11.9 Å². The molecule has 2 unspecified atom stereocenters. The first kappa shape index (κ1) is 13.0. The third-order valence-corrected chi connectivity index (χ3v) is 3.40. The van der Waals surface area contributed by atoms with Gasteiger partial charge in [-0.2, -0.15) is 0 Å². The third kappa shape index (κ3) is 2.68. The van der Waals surface area contributed by atoms with Crippen molar-refractivity contribution in [3.63, 3.8) is 0 Å². The minimum Gasteiger partial charge on any atom is -0.396 e. The second-order valence-corrected chi connectivity index (χ2v) is 4.69. The molecule has 5 heteroatoms. The summed E-state index contributed by atoms with van der Waals surface area (Å²) >= 11 is 0. The Kier molecular flexibility index (Phi) is 3.93. The van der Waals surface area contributed by atoms with E-state index in [4.69, 9.17) is 10.8 Å². The van der Waals surface area contributed by atoms with E-state index >= 15 is 0 Å². The molecule has 1 aromatic rings. The molecule has 4 nitrogen and oxygen atoms in total. The zero-order valence-corrected chi connectivity index (χ0v) is 10.1. The number of carbonyl (C=O) groups is 1. The summed E-state index contributed by atoms with van der Waals surface area (Å²) in [7, 11) is 0. The molecule has 1 heterocycles. The predicted octanol–water partition coefficient (Wildman–Crippen LogP) is 0.666. The van der Waals surface area contributed by atoms with Crippen LogP contribution in [0.3, 0.4) is 0 Å². The number of hydrogen-bond acceptors (Lipinski definition) is 3. The van der Waals surface area contributed by atoms with Crippen LogP contribution in [0.2, 0.25) is 0 Å². The lowest BCUT2D eigenvalue weighted by Crippen LogP contribution is -2.36. The van der Waals surface area contributed by atoms with E-state index < -0.39 is 11.9 Å². The van der Waals surface area contributed by atoms with Crippen LogP contribution in [0, 0.1) is 11.7 Å². The Balaban J connectivity index is 2.19. The molecule has 2 atom stereocenters. The van der Waals surface area contributed by atoms with Crippen molar-refractivity contribution in [1.29, 1.82) is 0 Å². The molecular formula is C13H17FN2O2. The third-order valence-electron chi connectivity index (χ3n) is 3.40. The summed E-state index contributed by atoms with van der Waals surface area (Å²) in [6.45, 7) is 1.48. The molecule has 1 saturated heterocycles. The number of nitrogens with zero attached hydrogens (tertiary/aromatic N) is 1. The Hall–Kier alpha value is -1.46. The van der Waals surface area contributed by atoms with E-state index in [2.05, 4.69) is 0 Å². The highest BCUT2D eigenvalue weighted by atomic mass is 19.1.